The molecule has 0 rings (SSSR count). The molecule has 4 nitrogen and oxygen atoms in total. The molecule has 0 spiro atoms. The average molecular weight is 285 g/mol. The van der Waals surface area contributed by atoms with E-state index in [9.17, 15) is 13.2 Å². The maximum atomic E-state index is 11.0. The third-order valence-corrected chi connectivity index (χ3v) is 3.56. The first-order valence-electron chi connectivity index (χ1n) is 6.03. The van der Waals surface area contributed by atoms with E-state index in [-0.39, 0.29) is 11.7 Å². The summed E-state index contributed by atoms with van der Waals surface area (Å²) in [6, 6.07) is 0. The molecular weight excluding hydrogens is 264 g/mol. The molecule has 0 saturated heterocycles. The van der Waals surface area contributed by atoms with Gasteiger partial charge in [-0.15, -0.1) is 0 Å². The molecule has 0 aliphatic carbocycles. The van der Waals surface area contributed by atoms with Gasteiger partial charge in [-0.05, 0) is 19.8 Å². The fourth-order valence-corrected chi connectivity index (χ4v) is 2.36. The van der Waals surface area contributed by atoms with Gasteiger partial charge in [0.1, 0.15) is 0 Å². The lowest BCUT2D eigenvalue weighted by Gasteiger charge is -2.02. The summed E-state index contributed by atoms with van der Waals surface area (Å²) in [5.41, 5.74) is 0. The molecule has 17 heavy (non-hydrogen) atoms. The summed E-state index contributed by atoms with van der Waals surface area (Å²) in [6.07, 6.45) is 5.77. The van der Waals surface area contributed by atoms with Gasteiger partial charge in [0.2, 0.25) is 9.05 Å². The summed E-state index contributed by atoms with van der Waals surface area (Å²) < 4.78 is 26.0. The summed E-state index contributed by atoms with van der Waals surface area (Å²) >= 11 is 0. The Kier molecular flexibility index (Phi) is 9.55. The monoisotopic (exact) mass is 284 g/mol. The number of carbonyl (C=O) groups is 1. The van der Waals surface area contributed by atoms with E-state index in [1.165, 1.54) is 0 Å². The smallest absolute Gasteiger partial charge is 0.305 e. The van der Waals surface area contributed by atoms with Crippen LogP contribution in [-0.2, 0) is 18.6 Å². The number of halogens is 1. The number of rotatable bonds is 10. The number of hydrogen-bond acceptors (Lipinski definition) is 4. The highest BCUT2D eigenvalue weighted by Gasteiger charge is 2.04. The zero-order valence-electron chi connectivity index (χ0n) is 10.3. The van der Waals surface area contributed by atoms with E-state index in [0.29, 0.717) is 19.4 Å². The lowest BCUT2D eigenvalue weighted by molar-refractivity contribution is -0.143. The van der Waals surface area contributed by atoms with E-state index in [2.05, 4.69) is 0 Å². The van der Waals surface area contributed by atoms with Crippen LogP contribution >= 0.6 is 10.7 Å². The van der Waals surface area contributed by atoms with Gasteiger partial charge in [0, 0.05) is 17.1 Å². The zero-order chi connectivity index (χ0) is 13.1. The first-order valence-corrected chi connectivity index (χ1v) is 8.51. The molecule has 102 valence electrons. The molecule has 0 aromatic heterocycles. The second-order valence-corrected chi connectivity index (χ2v) is 6.82. The van der Waals surface area contributed by atoms with Crippen LogP contribution in [0.3, 0.4) is 0 Å². The first kappa shape index (κ1) is 16.7. The summed E-state index contributed by atoms with van der Waals surface area (Å²) in [5, 5.41) is 0. The largest absolute Gasteiger partial charge is 0.466 e. The van der Waals surface area contributed by atoms with Gasteiger partial charge in [-0.1, -0.05) is 25.7 Å². The van der Waals surface area contributed by atoms with Crippen molar-refractivity contribution in [2.45, 2.75) is 51.9 Å². The van der Waals surface area contributed by atoms with Crippen molar-refractivity contribution in [2.24, 2.45) is 0 Å². The van der Waals surface area contributed by atoms with E-state index < -0.39 is 9.05 Å². The van der Waals surface area contributed by atoms with Gasteiger partial charge in [0.05, 0.1) is 12.4 Å². The zero-order valence-corrected chi connectivity index (χ0v) is 11.9. The van der Waals surface area contributed by atoms with Crippen molar-refractivity contribution < 1.29 is 17.9 Å². The molecule has 0 unspecified atom stereocenters. The Bertz CT molecular complexity index is 301. The molecule has 0 aliphatic heterocycles. The van der Waals surface area contributed by atoms with Crippen LogP contribution in [0.2, 0.25) is 0 Å². The molecule has 6 heteroatoms. The molecule has 0 fully saturated rings. The van der Waals surface area contributed by atoms with Crippen molar-refractivity contribution in [3.8, 4) is 0 Å². The molecule has 0 aromatic carbocycles. The first-order chi connectivity index (χ1) is 7.95. The minimum absolute atomic E-state index is 0.0530. The van der Waals surface area contributed by atoms with E-state index in [1.807, 2.05) is 0 Å². The van der Waals surface area contributed by atoms with Crippen molar-refractivity contribution in [1.29, 1.82) is 0 Å². The molecular formula is C11H21ClO4S. The summed E-state index contributed by atoms with van der Waals surface area (Å²) in [4.78, 5) is 11.0. The Morgan fingerprint density at radius 2 is 1.59 bits per heavy atom. The SMILES string of the molecule is CCOC(=O)CCCCCCCCS(=O)(=O)Cl. The van der Waals surface area contributed by atoms with Crippen LogP contribution in [0.1, 0.15) is 51.9 Å². The molecule has 0 N–H and O–H groups in total. The lowest BCUT2D eigenvalue weighted by Crippen LogP contribution is -2.03. The Hall–Kier alpha value is -0.290. The van der Waals surface area contributed by atoms with Gasteiger partial charge in [0.15, 0.2) is 0 Å². The minimum atomic E-state index is -3.33. The van der Waals surface area contributed by atoms with E-state index >= 15 is 0 Å². The minimum Gasteiger partial charge on any atom is -0.466 e. The summed E-state index contributed by atoms with van der Waals surface area (Å²) in [6.45, 7) is 2.23. The van der Waals surface area contributed by atoms with Gasteiger partial charge in [-0.2, -0.15) is 0 Å². The van der Waals surface area contributed by atoms with Gasteiger partial charge < -0.3 is 4.74 Å². The van der Waals surface area contributed by atoms with Crippen LogP contribution in [0.25, 0.3) is 0 Å². The topological polar surface area (TPSA) is 60.4 Å². The van der Waals surface area contributed by atoms with Crippen molar-refractivity contribution in [3.63, 3.8) is 0 Å². The number of esters is 1. The second kappa shape index (κ2) is 9.71. The van der Waals surface area contributed by atoms with E-state index in [0.717, 1.165) is 32.1 Å². The number of ether oxygens (including phenoxy) is 1. The van der Waals surface area contributed by atoms with Crippen molar-refractivity contribution in [1.82, 2.24) is 0 Å². The predicted octanol–water partition coefficient (Wildman–Crippen LogP) is 2.85. The van der Waals surface area contributed by atoms with Crippen molar-refractivity contribution in [3.05, 3.63) is 0 Å². The molecule has 0 aliphatic rings. The number of carbonyl (C=O) groups excluding carboxylic acids is 1. The van der Waals surface area contributed by atoms with Crippen LogP contribution in [0.15, 0.2) is 0 Å². The maximum Gasteiger partial charge on any atom is 0.305 e. The fourth-order valence-electron chi connectivity index (χ4n) is 1.48. The third kappa shape index (κ3) is 13.6. The number of unbranched alkanes of at least 4 members (excludes halogenated alkanes) is 5. The average Bonchev–Trinajstić information content (AvgIpc) is 2.21. The molecule has 0 amide bonds. The van der Waals surface area contributed by atoms with Crippen LogP contribution in [0.5, 0.6) is 0 Å². The van der Waals surface area contributed by atoms with Crippen LogP contribution < -0.4 is 0 Å². The number of hydrogen-bond donors (Lipinski definition) is 0. The van der Waals surface area contributed by atoms with E-state index in [1.54, 1.807) is 6.92 Å². The quantitative estimate of drug-likeness (QED) is 0.352. The molecule has 0 heterocycles. The molecule has 0 saturated carbocycles. The highest BCUT2D eigenvalue weighted by Crippen LogP contribution is 2.09. The molecule has 0 radical (unpaired) electrons. The van der Waals surface area contributed by atoms with Crippen LogP contribution in [0, 0.1) is 0 Å². The summed E-state index contributed by atoms with van der Waals surface area (Å²) in [7, 11) is 1.75. The van der Waals surface area contributed by atoms with Gasteiger partial charge >= 0.3 is 5.97 Å². The van der Waals surface area contributed by atoms with Crippen molar-refractivity contribution >= 4 is 25.7 Å². The summed E-state index contributed by atoms with van der Waals surface area (Å²) in [5.74, 6) is -0.0853. The Morgan fingerprint density at radius 1 is 1.06 bits per heavy atom. The predicted molar refractivity (Wildman–Crippen MR) is 68.6 cm³/mol. The molecule has 0 aromatic rings. The van der Waals surface area contributed by atoms with E-state index in [4.69, 9.17) is 15.4 Å². The Labute approximate surface area is 108 Å². The third-order valence-electron chi connectivity index (χ3n) is 2.32. The normalized spacial score (nSPS) is 11.4. The van der Waals surface area contributed by atoms with Crippen LogP contribution in [-0.4, -0.2) is 26.7 Å². The van der Waals surface area contributed by atoms with Gasteiger partial charge in [0.25, 0.3) is 0 Å². The van der Waals surface area contributed by atoms with Gasteiger partial charge in [-0.3, -0.25) is 4.79 Å². The van der Waals surface area contributed by atoms with Crippen LogP contribution in [0.4, 0.5) is 0 Å². The highest BCUT2D eigenvalue weighted by molar-refractivity contribution is 8.13. The second-order valence-electron chi connectivity index (χ2n) is 3.92. The Balaban J connectivity index is 3.22. The van der Waals surface area contributed by atoms with Crippen molar-refractivity contribution in [2.75, 3.05) is 12.4 Å². The van der Waals surface area contributed by atoms with Gasteiger partial charge in [-0.25, -0.2) is 8.42 Å². The maximum absolute atomic E-state index is 11.0. The standard InChI is InChI=1S/C11H21ClO4S/c1-2-16-11(13)9-7-5-3-4-6-8-10-17(12,14)15/h2-10H2,1H3. The molecule has 0 atom stereocenters. The fraction of sp³-hybridized carbons (Fsp3) is 0.909. The lowest BCUT2D eigenvalue weighted by atomic mass is 10.1. The molecule has 0 bridgehead atoms. The Morgan fingerprint density at radius 3 is 2.12 bits per heavy atom. The highest BCUT2D eigenvalue weighted by atomic mass is 35.7.